The Bertz CT molecular complexity index is 982. The van der Waals surface area contributed by atoms with Crippen LogP contribution >= 0.6 is 0 Å². The van der Waals surface area contributed by atoms with E-state index in [-0.39, 0.29) is 5.75 Å². The second-order valence-corrected chi connectivity index (χ2v) is 7.39. The highest BCUT2D eigenvalue weighted by atomic mass is 19.1. The number of oxazole rings is 1. The van der Waals surface area contributed by atoms with E-state index in [1.165, 1.54) is 30.7 Å². The monoisotopic (exact) mass is 380 g/mol. The summed E-state index contributed by atoms with van der Waals surface area (Å²) in [6.07, 6.45) is 3.50. The molecule has 4 rings (SSSR count). The summed E-state index contributed by atoms with van der Waals surface area (Å²) in [5.41, 5.74) is 4.48. The van der Waals surface area contributed by atoms with Gasteiger partial charge < -0.3 is 9.15 Å². The lowest BCUT2D eigenvalue weighted by atomic mass is 9.87. The number of fused-ring (bicyclic) bond motifs is 1. The van der Waals surface area contributed by atoms with Crippen LogP contribution in [-0.4, -0.2) is 24.0 Å². The fourth-order valence-corrected chi connectivity index (χ4v) is 4.02. The van der Waals surface area contributed by atoms with Gasteiger partial charge in [-0.1, -0.05) is 24.3 Å². The molecule has 0 spiro atoms. The number of nitrogens with zero attached hydrogens (tertiary/aromatic N) is 2. The number of hydrogen-bond acceptors (Lipinski definition) is 4. The van der Waals surface area contributed by atoms with Crippen LogP contribution in [0.25, 0.3) is 11.5 Å². The number of halogens is 1. The van der Waals surface area contributed by atoms with Crippen LogP contribution in [0, 0.1) is 12.7 Å². The van der Waals surface area contributed by atoms with Crippen LogP contribution < -0.4 is 4.74 Å². The molecule has 1 aromatic heterocycles. The molecule has 0 unspecified atom stereocenters. The van der Waals surface area contributed by atoms with Crippen molar-refractivity contribution in [3.63, 3.8) is 0 Å². The largest absolute Gasteiger partial charge is 0.494 e. The first-order chi connectivity index (χ1) is 13.6. The quantitative estimate of drug-likeness (QED) is 0.601. The second-order valence-electron chi connectivity index (χ2n) is 7.39. The van der Waals surface area contributed by atoms with Gasteiger partial charge in [-0.2, -0.15) is 0 Å². The van der Waals surface area contributed by atoms with E-state index in [0.29, 0.717) is 24.0 Å². The zero-order valence-corrected chi connectivity index (χ0v) is 16.5. The summed E-state index contributed by atoms with van der Waals surface area (Å²) in [5, 5.41) is 0. The molecule has 1 aliphatic carbocycles. The van der Waals surface area contributed by atoms with Crippen molar-refractivity contribution < 1.29 is 13.5 Å². The molecular weight excluding hydrogens is 355 g/mol. The van der Waals surface area contributed by atoms with E-state index >= 15 is 0 Å². The van der Waals surface area contributed by atoms with Gasteiger partial charge in [0.15, 0.2) is 11.6 Å². The number of aryl methyl sites for hydroxylation is 2. The number of benzene rings is 2. The first-order valence-electron chi connectivity index (χ1n) is 9.65. The molecule has 0 amide bonds. The predicted octanol–water partition coefficient (Wildman–Crippen LogP) is 5.31. The van der Waals surface area contributed by atoms with E-state index in [0.717, 1.165) is 24.3 Å². The minimum atomic E-state index is -0.398. The second kappa shape index (κ2) is 7.76. The van der Waals surface area contributed by atoms with Gasteiger partial charge in [-0.15, -0.1) is 0 Å². The molecule has 0 fully saturated rings. The highest BCUT2D eigenvalue weighted by molar-refractivity contribution is 5.56. The molecule has 1 atom stereocenters. The van der Waals surface area contributed by atoms with Crippen molar-refractivity contribution in [2.24, 2.45) is 0 Å². The Labute approximate surface area is 165 Å². The molecule has 0 radical (unpaired) electrons. The highest BCUT2D eigenvalue weighted by Crippen LogP contribution is 2.35. The Morgan fingerprint density at radius 2 is 2.07 bits per heavy atom. The predicted molar refractivity (Wildman–Crippen MR) is 107 cm³/mol. The lowest BCUT2D eigenvalue weighted by Crippen LogP contribution is -2.27. The topological polar surface area (TPSA) is 38.5 Å². The molecule has 0 N–H and O–H groups in total. The Morgan fingerprint density at radius 1 is 1.25 bits per heavy atom. The standard InChI is InChI=1S/C23H25FN2O2/c1-15-20(25-23(28-15)17-11-12-19(24)22(13-17)27-3)14-26(2)21-10-6-8-16-7-4-5-9-18(16)21/h4-5,7,9,11-13,21H,6,8,10,14H2,1-3H3/t21-/m1/s1. The van der Waals surface area contributed by atoms with Crippen LogP contribution in [0.1, 0.15) is 41.5 Å². The van der Waals surface area contributed by atoms with Crippen molar-refractivity contribution in [3.05, 3.63) is 70.9 Å². The van der Waals surface area contributed by atoms with E-state index in [1.54, 1.807) is 12.1 Å². The Morgan fingerprint density at radius 3 is 2.89 bits per heavy atom. The number of ether oxygens (including phenoxy) is 1. The maximum absolute atomic E-state index is 13.7. The summed E-state index contributed by atoms with van der Waals surface area (Å²) in [4.78, 5) is 7.03. The van der Waals surface area contributed by atoms with Crippen molar-refractivity contribution in [3.8, 4) is 17.2 Å². The van der Waals surface area contributed by atoms with Crippen molar-refractivity contribution in [1.82, 2.24) is 9.88 Å². The van der Waals surface area contributed by atoms with E-state index in [4.69, 9.17) is 9.15 Å². The first-order valence-corrected chi connectivity index (χ1v) is 9.65. The van der Waals surface area contributed by atoms with Crippen LogP contribution in [0.5, 0.6) is 5.75 Å². The summed E-state index contributed by atoms with van der Waals surface area (Å²) in [6.45, 7) is 2.63. The summed E-state index contributed by atoms with van der Waals surface area (Å²) in [6, 6.07) is 13.7. The lowest BCUT2D eigenvalue weighted by Gasteiger charge is -2.33. The van der Waals surface area contributed by atoms with Crippen molar-refractivity contribution >= 4 is 0 Å². The minimum absolute atomic E-state index is 0.186. The smallest absolute Gasteiger partial charge is 0.226 e. The zero-order chi connectivity index (χ0) is 19.7. The van der Waals surface area contributed by atoms with Gasteiger partial charge in [0.25, 0.3) is 0 Å². The molecule has 1 heterocycles. The molecule has 28 heavy (non-hydrogen) atoms. The third kappa shape index (κ3) is 3.54. The van der Waals surface area contributed by atoms with Gasteiger partial charge in [0.05, 0.1) is 12.8 Å². The molecule has 0 bridgehead atoms. The highest BCUT2D eigenvalue weighted by Gasteiger charge is 2.25. The molecule has 0 aliphatic heterocycles. The molecule has 4 nitrogen and oxygen atoms in total. The van der Waals surface area contributed by atoms with E-state index < -0.39 is 5.82 Å². The van der Waals surface area contributed by atoms with Gasteiger partial charge in [0.1, 0.15) is 5.76 Å². The molecular formula is C23H25FN2O2. The first kappa shape index (κ1) is 18.7. The molecule has 0 saturated carbocycles. The van der Waals surface area contributed by atoms with Gasteiger partial charge in [-0.05, 0) is 62.6 Å². The fourth-order valence-electron chi connectivity index (χ4n) is 4.02. The van der Waals surface area contributed by atoms with E-state index in [1.807, 2.05) is 6.92 Å². The lowest BCUT2D eigenvalue weighted by molar-refractivity contribution is 0.210. The normalized spacial score (nSPS) is 16.2. The number of methoxy groups -OCH3 is 1. The average Bonchev–Trinajstić information content (AvgIpc) is 3.08. The Hall–Kier alpha value is -2.66. The van der Waals surface area contributed by atoms with E-state index in [9.17, 15) is 4.39 Å². The number of rotatable bonds is 5. The van der Waals surface area contributed by atoms with Crippen LogP contribution in [0.15, 0.2) is 46.9 Å². The van der Waals surface area contributed by atoms with E-state index in [2.05, 4.69) is 41.2 Å². The van der Waals surface area contributed by atoms with Gasteiger partial charge >= 0.3 is 0 Å². The summed E-state index contributed by atoms with van der Waals surface area (Å²) in [7, 11) is 3.59. The summed E-state index contributed by atoms with van der Waals surface area (Å²) < 4.78 is 24.6. The Kier molecular flexibility index (Phi) is 5.18. The van der Waals surface area contributed by atoms with Crippen molar-refractivity contribution in [2.45, 2.75) is 38.8 Å². The number of hydrogen-bond donors (Lipinski definition) is 0. The molecule has 1 aliphatic rings. The third-order valence-electron chi connectivity index (χ3n) is 5.56. The molecule has 146 valence electrons. The third-order valence-corrected chi connectivity index (χ3v) is 5.56. The van der Waals surface area contributed by atoms with Crippen LogP contribution in [0.3, 0.4) is 0 Å². The molecule has 5 heteroatoms. The van der Waals surface area contributed by atoms with Crippen molar-refractivity contribution in [1.29, 1.82) is 0 Å². The average molecular weight is 380 g/mol. The summed E-state index contributed by atoms with van der Waals surface area (Å²) >= 11 is 0. The Balaban J connectivity index is 1.57. The maximum atomic E-state index is 13.7. The van der Waals surface area contributed by atoms with Crippen LogP contribution in [0.4, 0.5) is 4.39 Å². The van der Waals surface area contributed by atoms with Crippen molar-refractivity contribution in [2.75, 3.05) is 14.2 Å². The SMILES string of the molecule is COc1cc(-c2nc(CN(C)[C@@H]3CCCc4ccccc43)c(C)o2)ccc1F. The maximum Gasteiger partial charge on any atom is 0.226 e. The van der Waals surface area contributed by atoms with Gasteiger partial charge in [-0.3, -0.25) is 4.90 Å². The number of aromatic nitrogens is 1. The minimum Gasteiger partial charge on any atom is -0.494 e. The van der Waals surface area contributed by atoms with Crippen LogP contribution in [-0.2, 0) is 13.0 Å². The van der Waals surface area contributed by atoms with Gasteiger partial charge in [0, 0.05) is 18.2 Å². The fraction of sp³-hybridized carbons (Fsp3) is 0.348. The van der Waals surface area contributed by atoms with Gasteiger partial charge in [-0.25, -0.2) is 9.37 Å². The zero-order valence-electron chi connectivity index (χ0n) is 16.5. The summed E-state index contributed by atoms with van der Waals surface area (Å²) in [5.74, 6) is 1.06. The van der Waals surface area contributed by atoms with Crippen LogP contribution in [0.2, 0.25) is 0 Å². The molecule has 0 saturated heterocycles. The van der Waals surface area contributed by atoms with Gasteiger partial charge in [0.2, 0.25) is 5.89 Å². The molecule has 2 aromatic carbocycles. The molecule has 3 aromatic rings.